The zero-order valence-electron chi connectivity index (χ0n) is 10.8. The molecule has 0 aromatic heterocycles. The fraction of sp³-hybridized carbons (Fsp3) is 0.385. The summed E-state index contributed by atoms with van der Waals surface area (Å²) in [6.45, 7) is 5.35. The van der Waals surface area contributed by atoms with Crippen molar-refractivity contribution in [3.8, 4) is 12.3 Å². The van der Waals surface area contributed by atoms with E-state index in [-0.39, 0.29) is 4.90 Å². The number of hydrogen-bond acceptors (Lipinski definition) is 3. The summed E-state index contributed by atoms with van der Waals surface area (Å²) in [5.74, 6) is 2.40. The number of sulfonamides is 1. The molecule has 98 valence electrons. The van der Waals surface area contributed by atoms with Crippen molar-refractivity contribution in [2.75, 3.05) is 5.73 Å². The number of nitrogen functional groups attached to an aromatic ring is 1. The Morgan fingerprint density at radius 1 is 1.44 bits per heavy atom. The number of hydrogen-bond donors (Lipinski definition) is 2. The van der Waals surface area contributed by atoms with Crippen LogP contribution >= 0.6 is 0 Å². The van der Waals surface area contributed by atoms with Gasteiger partial charge >= 0.3 is 0 Å². The molecule has 4 nitrogen and oxygen atoms in total. The van der Waals surface area contributed by atoms with Gasteiger partial charge in [0.25, 0.3) is 0 Å². The SMILES string of the molecule is C#CC(CC)NS(=O)(=O)c1ccc(C)c(N)c1C. The standard InChI is InChI=1S/C13H18N2O2S/c1-5-11(6-2)15-18(16,17)12-8-7-9(3)13(14)10(12)4/h1,7-8,11,15H,6,14H2,2-4H3. The Morgan fingerprint density at radius 2 is 2.06 bits per heavy atom. The topological polar surface area (TPSA) is 72.2 Å². The highest BCUT2D eigenvalue weighted by Crippen LogP contribution is 2.24. The molecular formula is C13H18N2O2S. The van der Waals surface area contributed by atoms with Crippen LogP contribution < -0.4 is 10.5 Å². The van der Waals surface area contributed by atoms with E-state index in [1.165, 1.54) is 0 Å². The van der Waals surface area contributed by atoms with E-state index in [9.17, 15) is 8.42 Å². The zero-order valence-corrected chi connectivity index (χ0v) is 11.6. The first-order chi connectivity index (χ1) is 8.33. The molecular weight excluding hydrogens is 248 g/mol. The molecule has 18 heavy (non-hydrogen) atoms. The third kappa shape index (κ3) is 2.84. The first-order valence-corrected chi connectivity index (χ1v) is 7.16. The molecule has 1 rings (SSSR count). The maximum absolute atomic E-state index is 12.2. The summed E-state index contributed by atoms with van der Waals surface area (Å²) in [6.07, 6.45) is 5.80. The van der Waals surface area contributed by atoms with Gasteiger partial charge in [-0.3, -0.25) is 0 Å². The lowest BCUT2D eigenvalue weighted by molar-refractivity contribution is 0.570. The van der Waals surface area contributed by atoms with Gasteiger partial charge in [-0.15, -0.1) is 6.42 Å². The third-order valence-electron chi connectivity index (χ3n) is 2.88. The highest BCUT2D eigenvalue weighted by atomic mass is 32.2. The van der Waals surface area contributed by atoms with E-state index in [0.717, 1.165) is 5.56 Å². The van der Waals surface area contributed by atoms with Crippen LogP contribution in [0.25, 0.3) is 0 Å². The van der Waals surface area contributed by atoms with Crippen molar-refractivity contribution < 1.29 is 8.42 Å². The Hall–Kier alpha value is -1.51. The van der Waals surface area contributed by atoms with E-state index in [2.05, 4.69) is 10.6 Å². The molecule has 0 aliphatic rings. The third-order valence-corrected chi connectivity index (χ3v) is 4.50. The molecule has 0 bridgehead atoms. The lowest BCUT2D eigenvalue weighted by atomic mass is 10.1. The van der Waals surface area contributed by atoms with Gasteiger partial charge in [-0.25, -0.2) is 8.42 Å². The van der Waals surface area contributed by atoms with Gasteiger partial charge < -0.3 is 5.73 Å². The molecule has 1 unspecified atom stereocenters. The molecule has 0 radical (unpaired) electrons. The summed E-state index contributed by atoms with van der Waals surface area (Å²) < 4.78 is 26.8. The van der Waals surface area contributed by atoms with E-state index in [1.54, 1.807) is 19.1 Å². The Labute approximate surface area is 109 Å². The number of anilines is 1. The molecule has 0 fully saturated rings. The zero-order chi connectivity index (χ0) is 13.9. The van der Waals surface area contributed by atoms with E-state index in [1.807, 2.05) is 13.8 Å². The van der Waals surface area contributed by atoms with Crippen molar-refractivity contribution in [2.45, 2.75) is 38.1 Å². The second-order valence-electron chi connectivity index (χ2n) is 4.17. The predicted octanol–water partition coefficient (Wildman–Crippen LogP) is 1.58. The molecule has 3 N–H and O–H groups in total. The lowest BCUT2D eigenvalue weighted by Gasteiger charge is -2.15. The fourth-order valence-electron chi connectivity index (χ4n) is 1.62. The van der Waals surface area contributed by atoms with Crippen LogP contribution in [-0.4, -0.2) is 14.5 Å². The van der Waals surface area contributed by atoms with Crippen molar-refractivity contribution in [2.24, 2.45) is 0 Å². The first kappa shape index (κ1) is 14.6. The van der Waals surface area contributed by atoms with Crippen LogP contribution in [0, 0.1) is 26.2 Å². The van der Waals surface area contributed by atoms with Crippen molar-refractivity contribution in [3.63, 3.8) is 0 Å². The Balaban J connectivity index is 3.23. The van der Waals surface area contributed by atoms with Crippen LogP contribution in [0.4, 0.5) is 5.69 Å². The number of nitrogens with two attached hydrogens (primary N) is 1. The largest absolute Gasteiger partial charge is 0.398 e. The number of aryl methyl sites for hydroxylation is 1. The van der Waals surface area contributed by atoms with Gasteiger partial charge in [0.2, 0.25) is 10.0 Å². The van der Waals surface area contributed by atoms with E-state index >= 15 is 0 Å². The second kappa shape index (κ2) is 5.42. The summed E-state index contributed by atoms with van der Waals surface area (Å²) in [4.78, 5) is 0.180. The lowest BCUT2D eigenvalue weighted by Crippen LogP contribution is -2.33. The van der Waals surface area contributed by atoms with Crippen LogP contribution in [-0.2, 0) is 10.0 Å². The summed E-state index contributed by atoms with van der Waals surface area (Å²) in [5, 5.41) is 0. The minimum Gasteiger partial charge on any atom is -0.398 e. The molecule has 0 spiro atoms. The van der Waals surface area contributed by atoms with Crippen LogP contribution in [0.3, 0.4) is 0 Å². The molecule has 1 atom stereocenters. The molecule has 0 saturated carbocycles. The van der Waals surface area contributed by atoms with Gasteiger partial charge in [0, 0.05) is 5.69 Å². The van der Waals surface area contributed by atoms with Gasteiger partial charge in [0.05, 0.1) is 10.9 Å². The average molecular weight is 266 g/mol. The molecule has 1 aromatic rings. The van der Waals surface area contributed by atoms with E-state index in [0.29, 0.717) is 17.7 Å². The Morgan fingerprint density at radius 3 is 2.56 bits per heavy atom. The molecule has 0 aliphatic carbocycles. The minimum atomic E-state index is -3.63. The average Bonchev–Trinajstić information content (AvgIpc) is 2.32. The van der Waals surface area contributed by atoms with Crippen LogP contribution in [0.2, 0.25) is 0 Å². The molecule has 0 amide bonds. The first-order valence-electron chi connectivity index (χ1n) is 5.67. The highest BCUT2D eigenvalue weighted by molar-refractivity contribution is 7.89. The van der Waals surface area contributed by atoms with Gasteiger partial charge in [0.1, 0.15) is 0 Å². The minimum absolute atomic E-state index is 0.180. The van der Waals surface area contributed by atoms with Gasteiger partial charge in [0.15, 0.2) is 0 Å². The van der Waals surface area contributed by atoms with Crippen LogP contribution in [0.5, 0.6) is 0 Å². The van der Waals surface area contributed by atoms with Crippen molar-refractivity contribution in [1.29, 1.82) is 0 Å². The normalized spacial score (nSPS) is 13.0. The molecule has 0 saturated heterocycles. The summed E-state index contributed by atoms with van der Waals surface area (Å²) in [7, 11) is -3.63. The number of terminal acetylenes is 1. The highest BCUT2D eigenvalue weighted by Gasteiger charge is 2.21. The van der Waals surface area contributed by atoms with Gasteiger partial charge in [-0.2, -0.15) is 4.72 Å². The maximum atomic E-state index is 12.2. The summed E-state index contributed by atoms with van der Waals surface area (Å²) in [6, 6.07) is 2.73. The van der Waals surface area contributed by atoms with Crippen molar-refractivity contribution in [1.82, 2.24) is 4.72 Å². The molecule has 0 aliphatic heterocycles. The maximum Gasteiger partial charge on any atom is 0.241 e. The summed E-state index contributed by atoms with van der Waals surface area (Å²) >= 11 is 0. The van der Waals surface area contributed by atoms with Gasteiger partial charge in [-0.05, 0) is 37.5 Å². The number of nitrogens with one attached hydrogen (secondary N) is 1. The molecule has 1 aromatic carbocycles. The monoisotopic (exact) mass is 266 g/mol. The predicted molar refractivity (Wildman–Crippen MR) is 73.6 cm³/mol. The quantitative estimate of drug-likeness (QED) is 0.642. The van der Waals surface area contributed by atoms with Crippen LogP contribution in [0.15, 0.2) is 17.0 Å². The second-order valence-corrected chi connectivity index (χ2v) is 5.85. The summed E-state index contributed by atoms with van der Waals surface area (Å²) in [5.41, 5.74) is 7.74. The van der Waals surface area contributed by atoms with Crippen LogP contribution in [0.1, 0.15) is 24.5 Å². The van der Waals surface area contributed by atoms with E-state index in [4.69, 9.17) is 12.2 Å². The molecule has 0 heterocycles. The van der Waals surface area contributed by atoms with Gasteiger partial charge in [-0.1, -0.05) is 18.9 Å². The number of rotatable bonds is 4. The fourth-order valence-corrected chi connectivity index (χ4v) is 3.12. The van der Waals surface area contributed by atoms with E-state index < -0.39 is 16.1 Å². The Kier molecular flexibility index (Phi) is 4.38. The van der Waals surface area contributed by atoms with Crippen molar-refractivity contribution >= 4 is 15.7 Å². The molecule has 5 heteroatoms. The smallest absolute Gasteiger partial charge is 0.241 e. The number of benzene rings is 1. The van der Waals surface area contributed by atoms with Crippen molar-refractivity contribution in [3.05, 3.63) is 23.3 Å². The Bertz CT molecular complexity index is 586.